The maximum atomic E-state index is 12.3. The quantitative estimate of drug-likeness (QED) is 0.510. The van der Waals surface area contributed by atoms with E-state index in [1.807, 2.05) is 32.0 Å². The van der Waals surface area contributed by atoms with Gasteiger partial charge in [0, 0.05) is 17.1 Å². The number of aryl methyl sites for hydroxylation is 2. The van der Waals surface area contributed by atoms with Crippen molar-refractivity contribution in [3.05, 3.63) is 52.8 Å². The van der Waals surface area contributed by atoms with E-state index in [1.165, 1.54) is 18.7 Å². The fraction of sp³-hybridized carbons (Fsp3) is 0.278. The first kappa shape index (κ1) is 18.8. The molecule has 0 fully saturated rings. The molecule has 0 saturated heterocycles. The van der Waals surface area contributed by atoms with Gasteiger partial charge in [-0.2, -0.15) is 4.98 Å². The largest absolute Gasteiger partial charge is 0.449 e. The number of carbonyl (C=O) groups excluding carboxylic acids is 2. The lowest BCUT2D eigenvalue weighted by molar-refractivity contribution is -0.125. The third-order valence-corrected chi connectivity index (χ3v) is 4.76. The van der Waals surface area contributed by atoms with Crippen LogP contribution in [-0.2, 0) is 15.3 Å². The molecule has 0 bridgehead atoms. The molecule has 0 unspecified atom stereocenters. The van der Waals surface area contributed by atoms with Crippen LogP contribution in [0, 0.1) is 13.8 Å². The van der Waals surface area contributed by atoms with Crippen LogP contribution in [0.25, 0.3) is 5.78 Å². The van der Waals surface area contributed by atoms with Crippen molar-refractivity contribution >= 4 is 29.4 Å². The Kier molecular flexibility index (Phi) is 5.41. The molecule has 0 aliphatic carbocycles. The van der Waals surface area contributed by atoms with Gasteiger partial charge in [-0.1, -0.05) is 30.0 Å². The summed E-state index contributed by atoms with van der Waals surface area (Å²) >= 11 is 1.39. The van der Waals surface area contributed by atoms with Gasteiger partial charge >= 0.3 is 5.97 Å². The van der Waals surface area contributed by atoms with Crippen molar-refractivity contribution in [3.63, 3.8) is 0 Å². The van der Waals surface area contributed by atoms with Crippen LogP contribution in [0.2, 0.25) is 0 Å². The molecule has 0 spiro atoms. The Bertz CT molecular complexity index is 1020. The molecule has 1 amide bonds. The number of amides is 1. The van der Waals surface area contributed by atoms with E-state index in [0.29, 0.717) is 22.3 Å². The van der Waals surface area contributed by atoms with Crippen molar-refractivity contribution in [2.45, 2.75) is 37.8 Å². The lowest BCUT2D eigenvalue weighted by Crippen LogP contribution is -2.30. The Morgan fingerprint density at radius 2 is 2.00 bits per heavy atom. The number of ether oxygens (including phenoxy) is 1. The molecular weight excluding hydrogens is 366 g/mol. The molecule has 27 heavy (non-hydrogen) atoms. The highest BCUT2D eigenvalue weighted by Gasteiger charge is 2.19. The standard InChI is InChI=1S/C18H19N5O3S/c1-10-8-11(2)23-17(20-10)21-18(22-23)27-9-13-6-4-5-7-14(13)16(25)26-12(3)15(19)24/h4-8,12H,9H2,1-3H3,(H2,19,24)/t12-/m0/s1. The second-order valence-corrected chi connectivity index (χ2v) is 6.98. The highest BCUT2D eigenvalue weighted by Crippen LogP contribution is 2.23. The first-order valence-corrected chi connectivity index (χ1v) is 9.25. The maximum Gasteiger partial charge on any atom is 0.339 e. The Labute approximate surface area is 160 Å². The zero-order chi connectivity index (χ0) is 19.6. The predicted molar refractivity (Wildman–Crippen MR) is 100 cm³/mol. The van der Waals surface area contributed by atoms with Gasteiger partial charge in [0.2, 0.25) is 5.16 Å². The summed E-state index contributed by atoms with van der Waals surface area (Å²) in [6.45, 7) is 5.29. The van der Waals surface area contributed by atoms with Gasteiger partial charge in [-0.3, -0.25) is 4.79 Å². The minimum Gasteiger partial charge on any atom is -0.449 e. The molecule has 9 heteroatoms. The number of fused-ring (bicyclic) bond motifs is 1. The second-order valence-electron chi connectivity index (χ2n) is 6.04. The van der Waals surface area contributed by atoms with Crippen LogP contribution in [-0.4, -0.2) is 37.6 Å². The molecule has 8 nitrogen and oxygen atoms in total. The van der Waals surface area contributed by atoms with Crippen LogP contribution in [0.5, 0.6) is 0 Å². The summed E-state index contributed by atoms with van der Waals surface area (Å²) in [6.07, 6.45) is -0.990. The van der Waals surface area contributed by atoms with Gasteiger partial charge in [-0.25, -0.2) is 14.3 Å². The molecule has 3 aromatic rings. The summed E-state index contributed by atoms with van der Waals surface area (Å²) in [7, 11) is 0. The molecule has 0 aliphatic rings. The molecule has 1 atom stereocenters. The molecule has 0 aliphatic heterocycles. The van der Waals surface area contributed by atoms with E-state index < -0.39 is 18.0 Å². The molecule has 0 radical (unpaired) electrons. The fourth-order valence-corrected chi connectivity index (χ4v) is 3.30. The van der Waals surface area contributed by atoms with Crippen molar-refractivity contribution in [3.8, 4) is 0 Å². The number of nitrogens with zero attached hydrogens (tertiary/aromatic N) is 4. The second kappa shape index (κ2) is 7.75. The van der Waals surface area contributed by atoms with Gasteiger partial charge in [-0.15, -0.1) is 5.10 Å². The number of carbonyl (C=O) groups is 2. The summed E-state index contributed by atoms with van der Waals surface area (Å²) in [6, 6.07) is 8.97. The van der Waals surface area contributed by atoms with Gasteiger partial charge in [0.15, 0.2) is 6.10 Å². The highest BCUT2D eigenvalue weighted by atomic mass is 32.2. The third-order valence-electron chi connectivity index (χ3n) is 3.88. The number of hydrogen-bond acceptors (Lipinski definition) is 7. The van der Waals surface area contributed by atoms with E-state index in [4.69, 9.17) is 10.5 Å². The van der Waals surface area contributed by atoms with E-state index in [1.54, 1.807) is 16.6 Å². The van der Waals surface area contributed by atoms with Crippen molar-refractivity contribution < 1.29 is 14.3 Å². The van der Waals surface area contributed by atoms with Crippen molar-refractivity contribution in [2.75, 3.05) is 0 Å². The van der Waals surface area contributed by atoms with Crippen LogP contribution in [0.1, 0.15) is 34.2 Å². The number of rotatable bonds is 6. The number of esters is 1. The number of benzene rings is 1. The minimum absolute atomic E-state index is 0.381. The van der Waals surface area contributed by atoms with Crippen LogP contribution >= 0.6 is 11.8 Å². The lowest BCUT2D eigenvalue weighted by Gasteiger charge is -2.12. The highest BCUT2D eigenvalue weighted by molar-refractivity contribution is 7.98. The molecule has 2 N–H and O–H groups in total. The maximum absolute atomic E-state index is 12.3. The zero-order valence-electron chi connectivity index (χ0n) is 15.2. The summed E-state index contributed by atoms with van der Waals surface area (Å²) in [5.74, 6) is -0.278. The molecular formula is C18H19N5O3S. The third kappa shape index (κ3) is 4.25. The van der Waals surface area contributed by atoms with Crippen LogP contribution in [0.4, 0.5) is 0 Å². The van der Waals surface area contributed by atoms with Crippen molar-refractivity contribution in [1.29, 1.82) is 0 Å². The Morgan fingerprint density at radius 1 is 1.26 bits per heavy atom. The Hall–Kier alpha value is -2.94. The Morgan fingerprint density at radius 3 is 2.74 bits per heavy atom. The number of aromatic nitrogens is 4. The Balaban J connectivity index is 1.78. The number of hydrogen-bond donors (Lipinski definition) is 1. The van der Waals surface area contributed by atoms with Crippen molar-refractivity contribution in [2.24, 2.45) is 5.73 Å². The molecule has 1 aromatic carbocycles. The van der Waals surface area contributed by atoms with Crippen LogP contribution < -0.4 is 5.73 Å². The molecule has 3 rings (SSSR count). The van der Waals surface area contributed by atoms with Gasteiger partial charge in [-0.05, 0) is 38.5 Å². The van der Waals surface area contributed by atoms with Gasteiger partial charge in [0.1, 0.15) is 0 Å². The van der Waals surface area contributed by atoms with E-state index in [-0.39, 0.29) is 0 Å². The van der Waals surface area contributed by atoms with E-state index >= 15 is 0 Å². The minimum atomic E-state index is -0.990. The average Bonchev–Trinajstić information content (AvgIpc) is 3.03. The molecule has 2 aromatic heterocycles. The first-order chi connectivity index (χ1) is 12.8. The summed E-state index contributed by atoms with van der Waals surface area (Å²) in [5.41, 5.74) is 8.11. The van der Waals surface area contributed by atoms with Gasteiger partial charge < -0.3 is 10.5 Å². The van der Waals surface area contributed by atoms with Crippen LogP contribution in [0.15, 0.2) is 35.5 Å². The topological polar surface area (TPSA) is 112 Å². The van der Waals surface area contributed by atoms with Gasteiger partial charge in [0.05, 0.1) is 5.56 Å². The van der Waals surface area contributed by atoms with Crippen molar-refractivity contribution in [1.82, 2.24) is 19.6 Å². The molecule has 2 heterocycles. The average molecular weight is 385 g/mol. The SMILES string of the molecule is Cc1cc(C)n2nc(SCc3ccccc3C(=O)O[C@@H](C)C(N)=O)nc2n1. The normalized spacial score (nSPS) is 12.1. The summed E-state index contributed by atoms with van der Waals surface area (Å²) < 4.78 is 6.78. The van der Waals surface area contributed by atoms with E-state index in [0.717, 1.165) is 17.0 Å². The van der Waals surface area contributed by atoms with E-state index in [2.05, 4.69) is 15.1 Å². The van der Waals surface area contributed by atoms with Crippen LogP contribution in [0.3, 0.4) is 0 Å². The summed E-state index contributed by atoms with van der Waals surface area (Å²) in [4.78, 5) is 32.2. The smallest absolute Gasteiger partial charge is 0.339 e. The molecule has 140 valence electrons. The fourth-order valence-electron chi connectivity index (χ4n) is 2.48. The zero-order valence-corrected chi connectivity index (χ0v) is 16.0. The summed E-state index contributed by atoms with van der Waals surface area (Å²) in [5, 5.41) is 5.00. The number of thioether (sulfide) groups is 1. The van der Waals surface area contributed by atoms with Gasteiger partial charge in [0.25, 0.3) is 11.7 Å². The lowest BCUT2D eigenvalue weighted by atomic mass is 10.1. The number of nitrogens with two attached hydrogens (primary N) is 1. The number of primary amides is 1. The van der Waals surface area contributed by atoms with E-state index in [9.17, 15) is 9.59 Å². The predicted octanol–water partition coefficient (Wildman–Crippen LogP) is 2.06. The molecule has 0 saturated carbocycles. The monoisotopic (exact) mass is 385 g/mol. The first-order valence-electron chi connectivity index (χ1n) is 8.27.